The van der Waals surface area contributed by atoms with Crippen molar-refractivity contribution in [1.82, 2.24) is 25.4 Å². The molecule has 3 heterocycles. The van der Waals surface area contributed by atoms with Crippen molar-refractivity contribution in [2.24, 2.45) is 5.41 Å². The Labute approximate surface area is 498 Å². The summed E-state index contributed by atoms with van der Waals surface area (Å²) in [5.74, 6) is 0.405. The van der Waals surface area contributed by atoms with Gasteiger partial charge in [0.1, 0.15) is 6.10 Å². The van der Waals surface area contributed by atoms with Crippen LogP contribution in [0, 0.1) is 5.41 Å². The molecule has 0 aliphatic carbocycles. The number of nitrogens with zero attached hydrogens (tertiary/aromatic N) is 3. The molecule has 6 N–H and O–H groups in total. The number of aromatic nitrogens is 5. The first-order valence-electron chi connectivity index (χ1n) is 27.0. The number of nitrogens with one attached hydrogen (secondary N) is 3. The van der Waals surface area contributed by atoms with E-state index in [1.54, 1.807) is 37.6 Å². The summed E-state index contributed by atoms with van der Waals surface area (Å²) < 4.78 is 11.6. The Morgan fingerprint density at radius 3 is 1.61 bits per heavy atom. The molecule has 3 aromatic heterocycles. The zero-order valence-corrected chi connectivity index (χ0v) is 51.1. The molecule has 83 heavy (non-hydrogen) atoms. The van der Waals surface area contributed by atoms with E-state index in [1.165, 1.54) is 11.3 Å². The summed E-state index contributed by atoms with van der Waals surface area (Å²) in [6.45, 7) is 14.3. The first-order chi connectivity index (χ1) is 39.9. The predicted molar refractivity (Wildman–Crippen MR) is 345 cm³/mol. The Morgan fingerprint density at radius 2 is 1.14 bits per heavy atom. The number of carbonyl (C=O) groups excluding carboxylic acids is 2. The first kappa shape index (κ1) is 60.4. The second-order valence-electron chi connectivity index (χ2n) is 21.3. The number of nitrogen functional groups attached to an aromatic ring is 1. The maximum Gasteiger partial charge on any atom is 0.263 e. The number of amides is 1. The van der Waals surface area contributed by atoms with Crippen molar-refractivity contribution in [3.05, 3.63) is 267 Å². The fourth-order valence-corrected chi connectivity index (χ4v) is 11.1. The smallest absolute Gasteiger partial charge is 0.263 e. The molecule has 11 aromatic rings. The average molecular weight is 1200 g/mol. The van der Waals surface area contributed by atoms with Crippen molar-refractivity contribution in [2.45, 2.75) is 59.4 Å². The summed E-state index contributed by atoms with van der Waals surface area (Å²) in [5.41, 5.74) is 17.6. The molecule has 2 atom stereocenters. The van der Waals surface area contributed by atoms with Crippen LogP contribution in [0.5, 0.6) is 0 Å². The molecule has 8 aromatic carbocycles. The van der Waals surface area contributed by atoms with Crippen molar-refractivity contribution in [3.63, 3.8) is 0 Å². The average Bonchev–Trinajstić information content (AvgIpc) is 4.10. The Bertz CT molecular complexity index is 3910. The van der Waals surface area contributed by atoms with Gasteiger partial charge in [-0.3, -0.25) is 19.8 Å². The molecule has 0 bridgehead atoms. The second kappa shape index (κ2) is 27.8. The number of anilines is 2. The summed E-state index contributed by atoms with van der Waals surface area (Å²) in [4.78, 5) is 29.7. The van der Waals surface area contributed by atoms with Crippen LogP contribution in [-0.4, -0.2) is 57.6 Å². The quantitative estimate of drug-likeness (QED) is 0.0306. The number of fused-ring (bicyclic) bond motifs is 2. The van der Waals surface area contributed by atoms with Gasteiger partial charge in [-0.15, -0.1) is 11.3 Å². The SMILES string of the molecule is CC(C)(C(=O)Nc1nccs1)C(c1ccccc1)c1ccc2c(-c3ccccc3)n[nH]c2c1.COC(O[Si](C)(C)C)=C(C)C.Nc1cc(Br)ccc1C(=O)c1ccccc1.OC(c1ccccc1)c1ccc2c(-c3ccccc3)n[nH]c2c1. The molecule has 12 nitrogen and oxygen atoms in total. The zero-order chi connectivity index (χ0) is 59.1. The lowest BCUT2D eigenvalue weighted by molar-refractivity contribution is -0.124. The highest BCUT2D eigenvalue weighted by atomic mass is 79.9. The second-order valence-corrected chi connectivity index (χ2v) is 27.5. The molecule has 0 aliphatic heterocycles. The van der Waals surface area contributed by atoms with Crippen molar-refractivity contribution in [1.29, 1.82) is 0 Å². The number of methoxy groups -OCH3 is 1. The van der Waals surface area contributed by atoms with Gasteiger partial charge in [-0.2, -0.15) is 10.2 Å². The minimum atomic E-state index is -1.49. The summed E-state index contributed by atoms with van der Waals surface area (Å²) in [5, 5.41) is 33.4. The Kier molecular flexibility index (Phi) is 20.2. The standard InChI is InChI=1S/C27H24N4OS.C20H16N2O.C13H10BrNO.C8H18O2Si/c1-27(2,25(32)29-26-28-15-16-33-26)23(18-9-5-3-6-10-18)20-13-14-21-22(17-20)30-31-24(21)19-11-7-4-8-12-19;23-20(15-9-5-2-6-10-15)16-11-12-17-18(13-16)21-22-19(17)14-7-3-1-4-8-14;14-10-6-7-11(12(15)8-10)13(16)9-4-2-1-3-5-9;1-7(2)8(9-3)10-11(4,5)6/h3-17,23H,1-2H3,(H,30,31)(H,28,29,32);1-13,20,23H,(H,21,22);1-8H,15H2;1-6H3. The summed E-state index contributed by atoms with van der Waals surface area (Å²) in [6, 6.07) is 66.7. The number of allylic oxidation sites excluding steroid dienone is 1. The highest BCUT2D eigenvalue weighted by Crippen LogP contribution is 2.43. The van der Waals surface area contributed by atoms with E-state index in [-0.39, 0.29) is 17.6 Å². The number of ether oxygens (including phenoxy) is 1. The largest absolute Gasteiger partial charge is 0.520 e. The predicted octanol–water partition coefficient (Wildman–Crippen LogP) is 16.8. The van der Waals surface area contributed by atoms with E-state index in [2.05, 4.69) is 109 Å². The topological polar surface area (TPSA) is 181 Å². The van der Waals surface area contributed by atoms with E-state index < -0.39 is 19.8 Å². The van der Waals surface area contributed by atoms with Crippen molar-refractivity contribution in [3.8, 4) is 22.5 Å². The number of rotatable bonds is 14. The molecule has 0 radical (unpaired) electrons. The van der Waals surface area contributed by atoms with Crippen LogP contribution < -0.4 is 11.1 Å². The van der Waals surface area contributed by atoms with Crippen LogP contribution >= 0.6 is 27.3 Å². The lowest BCUT2D eigenvalue weighted by atomic mass is 9.70. The molecule has 0 aliphatic rings. The number of aliphatic hydroxyl groups excluding tert-OH is 1. The molecular formula is C68H68BrN7O5SSi. The van der Waals surface area contributed by atoms with Gasteiger partial charge in [-0.25, -0.2) is 4.98 Å². The number of aromatic amines is 2. The van der Waals surface area contributed by atoms with Crippen LogP contribution in [0.4, 0.5) is 10.8 Å². The Morgan fingerprint density at radius 1 is 0.651 bits per heavy atom. The number of aliphatic hydroxyl groups is 1. The van der Waals surface area contributed by atoms with E-state index >= 15 is 0 Å². The monoisotopic (exact) mass is 1200 g/mol. The van der Waals surface area contributed by atoms with Gasteiger partial charge >= 0.3 is 0 Å². The number of hydrogen-bond donors (Lipinski definition) is 5. The maximum absolute atomic E-state index is 13.4. The molecule has 422 valence electrons. The van der Waals surface area contributed by atoms with E-state index in [1.807, 2.05) is 173 Å². The minimum Gasteiger partial charge on any atom is -0.520 e. The van der Waals surface area contributed by atoms with E-state index in [4.69, 9.17) is 14.9 Å². The number of benzene rings is 8. The van der Waals surface area contributed by atoms with Gasteiger partial charge in [-0.1, -0.05) is 206 Å². The fourth-order valence-electron chi connectivity index (χ4n) is 9.34. The van der Waals surface area contributed by atoms with Crippen LogP contribution in [0.25, 0.3) is 44.3 Å². The van der Waals surface area contributed by atoms with Gasteiger partial charge in [-0.05, 0) is 86.1 Å². The van der Waals surface area contributed by atoms with E-state index in [0.717, 1.165) is 76.6 Å². The Hall–Kier alpha value is -8.73. The van der Waals surface area contributed by atoms with Gasteiger partial charge in [0.15, 0.2) is 10.9 Å². The number of hydrogen-bond acceptors (Lipinski definition) is 10. The lowest BCUT2D eigenvalue weighted by Gasteiger charge is -2.33. The maximum atomic E-state index is 13.4. The fraction of sp³-hybridized carbons (Fsp3) is 0.162. The van der Waals surface area contributed by atoms with Gasteiger partial charge in [0, 0.05) is 66.3 Å². The highest BCUT2D eigenvalue weighted by molar-refractivity contribution is 9.10. The number of nitrogens with two attached hydrogens (primary N) is 1. The van der Waals surface area contributed by atoms with Crippen LogP contribution in [0.1, 0.15) is 77.9 Å². The van der Waals surface area contributed by atoms with Crippen LogP contribution in [0.15, 0.2) is 234 Å². The summed E-state index contributed by atoms with van der Waals surface area (Å²) in [7, 11) is 0.154. The van der Waals surface area contributed by atoms with Crippen molar-refractivity contribution in [2.75, 3.05) is 18.2 Å². The molecule has 0 saturated heterocycles. The molecular weight excluding hydrogens is 1130 g/mol. The molecule has 0 fully saturated rings. The number of ketones is 1. The third-order valence-corrected chi connectivity index (χ3v) is 15.4. The third kappa shape index (κ3) is 15.6. The lowest BCUT2D eigenvalue weighted by Crippen LogP contribution is -2.37. The number of thiazole rings is 1. The van der Waals surface area contributed by atoms with E-state index in [0.29, 0.717) is 27.9 Å². The zero-order valence-electron chi connectivity index (χ0n) is 47.7. The number of halogens is 1. The van der Waals surface area contributed by atoms with E-state index in [9.17, 15) is 14.7 Å². The van der Waals surface area contributed by atoms with Crippen molar-refractivity contribution < 1.29 is 23.9 Å². The third-order valence-electron chi connectivity index (χ3n) is 13.4. The first-order valence-corrected chi connectivity index (χ1v) is 32.1. The van der Waals surface area contributed by atoms with Crippen molar-refractivity contribution >= 4 is 79.9 Å². The molecule has 15 heteroatoms. The highest BCUT2D eigenvalue weighted by Gasteiger charge is 2.39. The minimum absolute atomic E-state index is 0.0504. The molecule has 2 unspecified atom stereocenters. The molecule has 0 spiro atoms. The number of carbonyl (C=O) groups is 2. The van der Waals surface area contributed by atoms with Crippen LogP contribution in [0.2, 0.25) is 19.6 Å². The Balaban J connectivity index is 0.000000157. The molecule has 0 saturated carbocycles. The summed E-state index contributed by atoms with van der Waals surface area (Å²) >= 11 is 4.73. The number of H-pyrrole nitrogens is 2. The molecule has 11 rings (SSSR count). The normalized spacial score (nSPS) is 11.8. The van der Waals surface area contributed by atoms with Gasteiger partial charge in [0.05, 0.1) is 34.9 Å². The van der Waals surface area contributed by atoms with Gasteiger partial charge in [0.2, 0.25) is 14.2 Å². The van der Waals surface area contributed by atoms with Crippen LogP contribution in [0.3, 0.4) is 0 Å². The molecule has 1 amide bonds. The van der Waals surface area contributed by atoms with Gasteiger partial charge in [0.25, 0.3) is 5.95 Å². The summed E-state index contributed by atoms with van der Waals surface area (Å²) in [6.07, 6.45) is 1.06. The van der Waals surface area contributed by atoms with Crippen LogP contribution in [-0.2, 0) is 14.0 Å². The van der Waals surface area contributed by atoms with Gasteiger partial charge < -0.3 is 25.3 Å².